The summed E-state index contributed by atoms with van der Waals surface area (Å²) in [5.74, 6) is -2.02. The first kappa shape index (κ1) is 59.4. The molecule has 4 N–H and O–H groups in total. The maximum atomic E-state index is 12.8. The monoisotopic (exact) mass is 925 g/mol. The van der Waals surface area contributed by atoms with Gasteiger partial charge in [0.2, 0.25) is 0 Å². The summed E-state index contributed by atoms with van der Waals surface area (Å²) in [6.45, 7) is 3.64. The third-order valence-electron chi connectivity index (χ3n) is 11.1. The standard InChI is InChI=1S/C51H88O12S/c1-3-5-7-9-11-13-15-17-19-21-22-24-26-28-30-32-34-36-38-40-47(53)62-44(42-61-51-50(56)49(55)48(54)45(63-51)43-64(57,58)59)41-60-46(52)39-37-35-33-31-29-27-25-23-20-18-16-14-12-10-8-6-4-2/h5,7,11,13,17,19,22,24,28,30,44-45,48-51,54-56H,3-4,6,8-10,12,14-16,18,20-21,23,25-27,29,31-43H2,1-2H3,(H,57,58,59)/b7-5+,13-11+,19-17+,24-22+,30-28+/t44-,45-,48-,49?,50?,51+/m1/s1. The van der Waals surface area contributed by atoms with Crippen LogP contribution in [0.2, 0.25) is 0 Å². The predicted octanol–water partition coefficient (Wildman–Crippen LogP) is 10.9. The SMILES string of the molecule is CC/C=C/C/C=C/C/C=C/C/C=C/C/C=C/CCCCCC(=O)O[C@H](COC(=O)CCCCCCCCCCCCCCCCCCC)CO[C@H]1O[C@H](CS(=O)(=O)O)[C@@H](O)C(O)C1O. The Bertz CT molecular complexity index is 1410. The number of aliphatic hydroxyl groups is 3. The second-order valence-corrected chi connectivity index (χ2v) is 18.6. The molecule has 1 saturated heterocycles. The smallest absolute Gasteiger partial charge is 0.306 e. The summed E-state index contributed by atoms with van der Waals surface area (Å²) >= 11 is 0. The van der Waals surface area contributed by atoms with E-state index in [0.717, 1.165) is 70.6 Å². The lowest BCUT2D eigenvalue weighted by Gasteiger charge is -2.40. The van der Waals surface area contributed by atoms with Gasteiger partial charge in [0.05, 0.1) is 6.61 Å². The Morgan fingerprint density at radius 2 is 0.984 bits per heavy atom. The number of hydrogen-bond acceptors (Lipinski definition) is 11. The van der Waals surface area contributed by atoms with E-state index in [1.807, 2.05) is 0 Å². The van der Waals surface area contributed by atoms with Gasteiger partial charge in [-0.3, -0.25) is 14.1 Å². The first-order valence-electron chi connectivity index (χ1n) is 24.8. The van der Waals surface area contributed by atoms with Gasteiger partial charge >= 0.3 is 11.9 Å². The normalized spacial score (nSPS) is 20.1. The molecule has 0 amide bonds. The van der Waals surface area contributed by atoms with Crippen LogP contribution in [-0.4, -0.2) is 96.0 Å². The summed E-state index contributed by atoms with van der Waals surface area (Å²) in [5, 5.41) is 30.9. The van der Waals surface area contributed by atoms with Crippen LogP contribution in [0, 0.1) is 0 Å². The Hall–Kier alpha value is -2.65. The maximum absolute atomic E-state index is 12.8. The van der Waals surface area contributed by atoms with Crippen LogP contribution in [0.1, 0.15) is 194 Å². The molecule has 13 heteroatoms. The Kier molecular flexibility index (Phi) is 37.7. The van der Waals surface area contributed by atoms with E-state index in [1.54, 1.807) is 0 Å². The minimum Gasteiger partial charge on any atom is -0.462 e. The molecular formula is C51H88O12S. The molecule has 12 nitrogen and oxygen atoms in total. The number of hydrogen-bond donors (Lipinski definition) is 4. The molecule has 2 unspecified atom stereocenters. The van der Waals surface area contributed by atoms with Crippen LogP contribution in [0.3, 0.4) is 0 Å². The summed E-state index contributed by atoms with van der Waals surface area (Å²) in [6, 6.07) is 0. The van der Waals surface area contributed by atoms with E-state index in [4.69, 9.17) is 18.9 Å². The summed E-state index contributed by atoms with van der Waals surface area (Å²) in [5.41, 5.74) is 0. The molecule has 0 spiro atoms. The number of aliphatic hydroxyl groups excluding tert-OH is 3. The minimum absolute atomic E-state index is 0.124. The largest absolute Gasteiger partial charge is 0.462 e. The molecule has 0 aliphatic carbocycles. The number of carbonyl (C=O) groups is 2. The number of rotatable bonds is 41. The van der Waals surface area contributed by atoms with Crippen molar-refractivity contribution in [1.29, 1.82) is 0 Å². The molecule has 1 rings (SSSR count). The zero-order valence-corrected chi connectivity index (χ0v) is 40.4. The van der Waals surface area contributed by atoms with Gasteiger partial charge in [-0.15, -0.1) is 0 Å². The van der Waals surface area contributed by atoms with Crippen molar-refractivity contribution in [1.82, 2.24) is 0 Å². The molecule has 0 aromatic heterocycles. The number of ether oxygens (including phenoxy) is 4. The van der Waals surface area contributed by atoms with Gasteiger partial charge in [-0.05, 0) is 57.8 Å². The number of allylic oxidation sites excluding steroid dienone is 10. The highest BCUT2D eigenvalue weighted by Crippen LogP contribution is 2.24. The fraction of sp³-hybridized carbons (Fsp3) is 0.765. The van der Waals surface area contributed by atoms with Crippen molar-refractivity contribution in [3.8, 4) is 0 Å². The highest BCUT2D eigenvalue weighted by atomic mass is 32.2. The van der Waals surface area contributed by atoms with Crippen LogP contribution in [0.25, 0.3) is 0 Å². The van der Waals surface area contributed by atoms with E-state index in [-0.39, 0.29) is 19.4 Å². The lowest BCUT2D eigenvalue weighted by molar-refractivity contribution is -0.297. The van der Waals surface area contributed by atoms with Crippen LogP contribution in [0.5, 0.6) is 0 Å². The topological polar surface area (TPSA) is 186 Å². The molecule has 1 aliphatic rings. The lowest BCUT2D eigenvalue weighted by atomic mass is 10.00. The summed E-state index contributed by atoms with van der Waals surface area (Å²) in [7, 11) is -4.61. The van der Waals surface area contributed by atoms with Crippen molar-refractivity contribution < 1.29 is 56.8 Å². The van der Waals surface area contributed by atoms with Gasteiger partial charge in [-0.1, -0.05) is 184 Å². The summed E-state index contributed by atoms with van der Waals surface area (Å²) in [6.07, 6.45) is 41.1. The zero-order chi connectivity index (χ0) is 46.9. The van der Waals surface area contributed by atoms with E-state index in [9.17, 15) is 37.9 Å². The van der Waals surface area contributed by atoms with Gasteiger partial charge in [0.1, 0.15) is 36.8 Å². The average Bonchev–Trinajstić information content (AvgIpc) is 3.26. The Labute approximate surface area is 387 Å². The summed E-state index contributed by atoms with van der Waals surface area (Å²) in [4.78, 5) is 25.5. The Morgan fingerprint density at radius 3 is 1.47 bits per heavy atom. The lowest BCUT2D eigenvalue weighted by Crippen LogP contribution is -2.60. The van der Waals surface area contributed by atoms with Gasteiger partial charge in [0.15, 0.2) is 12.4 Å². The first-order chi connectivity index (χ1) is 31.0. The van der Waals surface area contributed by atoms with E-state index < -0.39 is 71.2 Å². The zero-order valence-electron chi connectivity index (χ0n) is 39.6. The predicted molar refractivity (Wildman–Crippen MR) is 256 cm³/mol. The molecular weight excluding hydrogens is 837 g/mol. The van der Waals surface area contributed by atoms with Crippen molar-refractivity contribution in [3.63, 3.8) is 0 Å². The summed E-state index contributed by atoms with van der Waals surface area (Å²) < 4.78 is 54.2. The Morgan fingerprint density at radius 1 is 0.547 bits per heavy atom. The van der Waals surface area contributed by atoms with E-state index in [0.29, 0.717) is 12.8 Å². The molecule has 1 heterocycles. The van der Waals surface area contributed by atoms with Crippen LogP contribution in [-0.2, 0) is 38.7 Å². The molecule has 6 atom stereocenters. The van der Waals surface area contributed by atoms with E-state index >= 15 is 0 Å². The first-order valence-corrected chi connectivity index (χ1v) is 26.5. The quantitative estimate of drug-likeness (QED) is 0.0197. The molecule has 0 radical (unpaired) electrons. The van der Waals surface area contributed by atoms with Crippen molar-refractivity contribution >= 4 is 22.1 Å². The van der Waals surface area contributed by atoms with Crippen LogP contribution in [0.15, 0.2) is 60.8 Å². The van der Waals surface area contributed by atoms with E-state index in [1.165, 1.54) is 83.5 Å². The van der Waals surface area contributed by atoms with Gasteiger partial charge in [-0.25, -0.2) is 0 Å². The number of carbonyl (C=O) groups excluding carboxylic acids is 2. The molecule has 0 bridgehead atoms. The fourth-order valence-corrected chi connectivity index (χ4v) is 7.98. The van der Waals surface area contributed by atoms with Crippen LogP contribution < -0.4 is 0 Å². The van der Waals surface area contributed by atoms with Gasteiger partial charge in [0, 0.05) is 12.8 Å². The number of esters is 2. The van der Waals surface area contributed by atoms with Crippen LogP contribution >= 0.6 is 0 Å². The van der Waals surface area contributed by atoms with Crippen molar-refractivity contribution in [2.24, 2.45) is 0 Å². The third kappa shape index (κ3) is 34.7. The molecule has 0 saturated carbocycles. The Balaban J connectivity index is 2.43. The highest BCUT2D eigenvalue weighted by Gasteiger charge is 2.46. The molecule has 1 fully saturated rings. The van der Waals surface area contributed by atoms with E-state index in [2.05, 4.69) is 74.6 Å². The van der Waals surface area contributed by atoms with Gasteiger partial charge < -0.3 is 34.3 Å². The molecule has 1 aliphatic heterocycles. The van der Waals surface area contributed by atoms with Gasteiger partial charge in [-0.2, -0.15) is 8.42 Å². The molecule has 0 aromatic carbocycles. The number of unbranched alkanes of at least 4 members (excludes halogenated alkanes) is 19. The second kappa shape index (κ2) is 40.6. The molecule has 0 aromatic rings. The fourth-order valence-electron chi connectivity index (χ4n) is 7.29. The average molecular weight is 925 g/mol. The molecule has 370 valence electrons. The van der Waals surface area contributed by atoms with Gasteiger partial charge in [0.25, 0.3) is 10.1 Å². The molecule has 64 heavy (non-hydrogen) atoms. The van der Waals surface area contributed by atoms with Crippen molar-refractivity contribution in [2.75, 3.05) is 19.0 Å². The maximum Gasteiger partial charge on any atom is 0.306 e. The minimum atomic E-state index is -4.61. The third-order valence-corrected chi connectivity index (χ3v) is 11.9. The van der Waals surface area contributed by atoms with Crippen LogP contribution in [0.4, 0.5) is 0 Å². The van der Waals surface area contributed by atoms with Crippen molar-refractivity contribution in [2.45, 2.75) is 230 Å². The second-order valence-electron chi connectivity index (χ2n) is 17.1. The highest BCUT2D eigenvalue weighted by molar-refractivity contribution is 7.85. The van der Waals surface area contributed by atoms with Crippen molar-refractivity contribution in [3.05, 3.63) is 60.8 Å².